The molecule has 1 saturated carbocycles. The Morgan fingerprint density at radius 3 is 2.49 bits per heavy atom. The molecule has 37 heavy (non-hydrogen) atoms. The summed E-state index contributed by atoms with van der Waals surface area (Å²) in [7, 11) is 0. The minimum Gasteiger partial charge on any atom is -0.410 e. The number of ether oxygens (including phenoxy) is 1. The Morgan fingerprint density at radius 1 is 1.16 bits per heavy atom. The van der Waals surface area contributed by atoms with Crippen molar-refractivity contribution in [1.29, 1.82) is 0 Å². The predicted octanol–water partition coefficient (Wildman–Crippen LogP) is 6.62. The number of hydrogen-bond donors (Lipinski definition) is 1. The van der Waals surface area contributed by atoms with E-state index in [0.717, 1.165) is 18.4 Å². The molecule has 0 spiro atoms. The second kappa shape index (κ2) is 12.1. The van der Waals surface area contributed by atoms with E-state index in [1.54, 1.807) is 42.5 Å². The minimum atomic E-state index is -1.80. The van der Waals surface area contributed by atoms with Crippen LogP contribution in [0.5, 0.6) is 5.75 Å². The van der Waals surface area contributed by atoms with Gasteiger partial charge in [-0.2, -0.15) is 0 Å². The molecule has 12 heteroatoms. The zero-order chi connectivity index (χ0) is 27.3. The average molecular weight is 587 g/mol. The molecule has 0 aliphatic heterocycles. The number of carbonyl (C=O) groups excluding carboxylic acids is 2. The molecule has 1 amide bonds. The summed E-state index contributed by atoms with van der Waals surface area (Å²) in [5, 5.41) is 2.96. The average Bonchev–Trinajstić information content (AvgIpc) is 2.80. The van der Waals surface area contributed by atoms with Gasteiger partial charge in [-0.3, -0.25) is 0 Å². The summed E-state index contributed by atoms with van der Waals surface area (Å²) in [6.07, 6.45) is 6.87. The van der Waals surface area contributed by atoms with E-state index in [1.165, 1.54) is 0 Å². The van der Waals surface area contributed by atoms with Crippen LogP contribution in [0, 0.1) is 10.8 Å². The van der Waals surface area contributed by atoms with Gasteiger partial charge in [0.15, 0.2) is 11.6 Å². The summed E-state index contributed by atoms with van der Waals surface area (Å²) >= 11 is 23.5. The molecule has 1 aliphatic carbocycles. The molecule has 1 aliphatic rings. The minimum absolute atomic E-state index is 0.0139. The standard InChI is InChI=1S/C25H27Cl4N5O3/c1-23(2)10-17(11-24(3,13-23)14-30-15-35)31-22(36)37-18-7-4-16(5-8-18)6-9-19-32-20(12-26)34-21(33-19)25(27,28)29/h4-9,17H,10-14H2,1-3H3,(H,31,36)/b9-6+. The number of benzene rings is 1. The fraction of sp³-hybridized carbons (Fsp3) is 0.480. The Labute approximate surface area is 235 Å². The highest BCUT2D eigenvalue weighted by atomic mass is 35.6. The van der Waals surface area contributed by atoms with Gasteiger partial charge < -0.3 is 10.1 Å². The molecule has 1 heterocycles. The summed E-state index contributed by atoms with van der Waals surface area (Å²) in [5.74, 6) is 0.977. The number of hydrogen-bond acceptors (Lipinski definition) is 7. The highest BCUT2D eigenvalue weighted by molar-refractivity contribution is 6.66. The van der Waals surface area contributed by atoms with Crippen molar-refractivity contribution in [3.05, 3.63) is 47.3 Å². The molecule has 3 rings (SSSR count). The van der Waals surface area contributed by atoms with Crippen molar-refractivity contribution in [1.82, 2.24) is 20.3 Å². The van der Waals surface area contributed by atoms with E-state index in [9.17, 15) is 9.59 Å². The first kappa shape index (κ1) is 29.3. The molecule has 2 atom stereocenters. The van der Waals surface area contributed by atoms with E-state index >= 15 is 0 Å². The Kier molecular flexibility index (Phi) is 9.59. The van der Waals surface area contributed by atoms with Crippen molar-refractivity contribution in [2.24, 2.45) is 15.8 Å². The largest absolute Gasteiger partial charge is 0.412 e. The molecule has 0 saturated heterocycles. The molecule has 0 radical (unpaired) electrons. The highest BCUT2D eigenvalue weighted by Gasteiger charge is 2.41. The molecule has 2 unspecified atom stereocenters. The van der Waals surface area contributed by atoms with Crippen molar-refractivity contribution in [3.63, 3.8) is 0 Å². The fourth-order valence-corrected chi connectivity index (χ4v) is 5.27. The summed E-state index contributed by atoms with van der Waals surface area (Å²) in [5.41, 5.74) is 0.588. The van der Waals surface area contributed by atoms with E-state index in [4.69, 9.17) is 51.1 Å². The summed E-state index contributed by atoms with van der Waals surface area (Å²) in [6.45, 7) is 6.75. The van der Waals surface area contributed by atoms with Gasteiger partial charge in [-0.25, -0.2) is 29.5 Å². The molecule has 1 aromatic heterocycles. The van der Waals surface area contributed by atoms with Crippen molar-refractivity contribution in [2.75, 3.05) is 6.54 Å². The normalized spacial score (nSPS) is 21.3. The first-order valence-electron chi connectivity index (χ1n) is 11.5. The molecule has 0 bridgehead atoms. The number of rotatable bonds is 7. The monoisotopic (exact) mass is 585 g/mol. The van der Waals surface area contributed by atoms with Gasteiger partial charge in [-0.1, -0.05) is 73.8 Å². The number of nitrogens with one attached hydrogen (secondary N) is 1. The van der Waals surface area contributed by atoms with E-state index in [0.29, 0.717) is 18.7 Å². The molecule has 198 valence electrons. The van der Waals surface area contributed by atoms with Gasteiger partial charge in [0.2, 0.25) is 9.87 Å². The van der Waals surface area contributed by atoms with E-state index in [1.807, 2.05) is 0 Å². The Morgan fingerprint density at radius 2 is 1.86 bits per heavy atom. The number of carbonyl (C=O) groups is 1. The maximum atomic E-state index is 12.6. The van der Waals surface area contributed by atoms with Gasteiger partial charge in [0, 0.05) is 6.04 Å². The molecule has 2 aromatic rings. The Hall–Kier alpha value is -2.22. The second-order valence-electron chi connectivity index (χ2n) is 10.2. The molecular weight excluding hydrogens is 560 g/mol. The smallest absolute Gasteiger partial charge is 0.410 e. The lowest BCUT2D eigenvalue weighted by Crippen LogP contribution is -2.48. The first-order valence-corrected chi connectivity index (χ1v) is 13.2. The van der Waals surface area contributed by atoms with Crippen LogP contribution in [-0.4, -0.2) is 39.7 Å². The van der Waals surface area contributed by atoms with Crippen LogP contribution >= 0.6 is 46.4 Å². The first-order chi connectivity index (χ1) is 17.3. The van der Waals surface area contributed by atoms with Gasteiger partial charge in [-0.05, 0) is 53.9 Å². The van der Waals surface area contributed by atoms with Gasteiger partial charge in [0.05, 0.1) is 12.4 Å². The number of nitrogens with zero attached hydrogens (tertiary/aromatic N) is 4. The lowest BCUT2D eigenvalue weighted by atomic mass is 9.62. The maximum Gasteiger partial charge on any atom is 0.412 e. The van der Waals surface area contributed by atoms with Crippen molar-refractivity contribution in [2.45, 2.75) is 55.7 Å². The summed E-state index contributed by atoms with van der Waals surface area (Å²) < 4.78 is 3.68. The SMILES string of the molecule is CC1(C)CC(NC(=O)Oc2ccc(/C=C/c3nc(CCl)nc(C(Cl)(Cl)Cl)n3)cc2)CC(C)(CN=C=O)C1. The van der Waals surface area contributed by atoms with Crippen LogP contribution in [0.2, 0.25) is 0 Å². The van der Waals surface area contributed by atoms with Crippen LogP contribution < -0.4 is 10.1 Å². The zero-order valence-electron chi connectivity index (χ0n) is 20.6. The maximum absolute atomic E-state index is 12.6. The Balaban J connectivity index is 1.63. The third kappa shape index (κ3) is 8.94. The Bertz CT molecular complexity index is 1190. The van der Waals surface area contributed by atoms with E-state index < -0.39 is 9.89 Å². The van der Waals surface area contributed by atoms with Crippen LogP contribution in [-0.2, 0) is 14.5 Å². The molecule has 1 aromatic carbocycles. The zero-order valence-corrected chi connectivity index (χ0v) is 23.6. The summed E-state index contributed by atoms with van der Waals surface area (Å²) in [4.78, 5) is 39.4. The molecule has 1 fully saturated rings. The number of isocyanates is 1. The van der Waals surface area contributed by atoms with Crippen molar-refractivity contribution >= 4 is 70.7 Å². The lowest BCUT2D eigenvalue weighted by Gasteiger charge is -2.45. The van der Waals surface area contributed by atoms with Crippen LogP contribution in [0.1, 0.15) is 63.1 Å². The third-order valence-electron chi connectivity index (χ3n) is 5.88. The van der Waals surface area contributed by atoms with Crippen LogP contribution in [0.15, 0.2) is 29.3 Å². The summed E-state index contributed by atoms with van der Waals surface area (Å²) in [6, 6.07) is 6.81. The van der Waals surface area contributed by atoms with Gasteiger partial charge in [-0.15, -0.1) is 11.6 Å². The van der Waals surface area contributed by atoms with E-state index in [-0.39, 0.29) is 40.2 Å². The molecule has 1 N–H and O–H groups in total. The molecular formula is C25H27Cl4N5O3. The van der Waals surface area contributed by atoms with Crippen LogP contribution in [0.3, 0.4) is 0 Å². The van der Waals surface area contributed by atoms with Crippen molar-refractivity contribution < 1.29 is 14.3 Å². The highest BCUT2D eigenvalue weighted by Crippen LogP contribution is 2.46. The number of aromatic nitrogens is 3. The van der Waals surface area contributed by atoms with E-state index in [2.05, 4.69) is 46.0 Å². The van der Waals surface area contributed by atoms with Gasteiger partial charge in [0.25, 0.3) is 0 Å². The fourth-order valence-electron chi connectivity index (χ4n) is 4.90. The topological polar surface area (TPSA) is 106 Å². The second-order valence-corrected chi connectivity index (χ2v) is 12.7. The van der Waals surface area contributed by atoms with Crippen LogP contribution in [0.25, 0.3) is 12.2 Å². The predicted molar refractivity (Wildman–Crippen MR) is 146 cm³/mol. The number of aliphatic imine (C=N–C) groups is 1. The van der Waals surface area contributed by atoms with Crippen LogP contribution in [0.4, 0.5) is 4.79 Å². The lowest BCUT2D eigenvalue weighted by molar-refractivity contribution is 0.0774. The van der Waals surface area contributed by atoms with Gasteiger partial charge in [0.1, 0.15) is 11.6 Å². The van der Waals surface area contributed by atoms with Gasteiger partial charge >= 0.3 is 6.09 Å². The quantitative estimate of drug-likeness (QED) is 0.222. The van der Waals surface area contributed by atoms with Crippen molar-refractivity contribution in [3.8, 4) is 5.75 Å². The molecule has 8 nitrogen and oxygen atoms in total. The number of alkyl halides is 4. The number of halogens is 4. The third-order valence-corrected chi connectivity index (χ3v) is 6.62. The number of amides is 1.